The summed E-state index contributed by atoms with van der Waals surface area (Å²) in [5.74, 6) is -0.0898. The number of benzene rings is 1. The van der Waals surface area contributed by atoms with Crippen LogP contribution in [0.4, 0.5) is 5.69 Å². The van der Waals surface area contributed by atoms with E-state index in [9.17, 15) is 18.3 Å². The fraction of sp³-hybridized carbons (Fsp3) is 0.500. The van der Waals surface area contributed by atoms with Crippen molar-refractivity contribution in [1.29, 1.82) is 0 Å². The number of carbonyl (C=O) groups is 1. The van der Waals surface area contributed by atoms with Crippen molar-refractivity contribution < 1.29 is 18.3 Å². The normalized spacial score (nSPS) is 22.2. The molecule has 0 radical (unpaired) electrons. The quantitative estimate of drug-likeness (QED) is 0.704. The van der Waals surface area contributed by atoms with E-state index in [0.717, 1.165) is 19.1 Å². The van der Waals surface area contributed by atoms with Crippen LogP contribution >= 0.6 is 0 Å². The smallest absolute Gasteiger partial charge is 0.251 e. The minimum Gasteiger partial charge on any atom is -0.399 e. The zero-order chi connectivity index (χ0) is 15.6. The van der Waals surface area contributed by atoms with Gasteiger partial charge in [-0.1, -0.05) is 0 Å². The first-order valence-corrected chi connectivity index (χ1v) is 8.71. The summed E-state index contributed by atoms with van der Waals surface area (Å²) in [6.07, 6.45) is 3.12. The second-order valence-electron chi connectivity index (χ2n) is 5.61. The lowest BCUT2D eigenvalue weighted by atomic mass is 10.1. The molecule has 1 amide bonds. The molecule has 1 aromatic rings. The Morgan fingerprint density at radius 2 is 2.10 bits per heavy atom. The van der Waals surface area contributed by atoms with E-state index in [2.05, 4.69) is 5.32 Å². The molecule has 1 aliphatic rings. The van der Waals surface area contributed by atoms with E-state index in [4.69, 9.17) is 5.73 Å². The third-order valence-electron chi connectivity index (χ3n) is 3.68. The minimum atomic E-state index is -3.41. The largest absolute Gasteiger partial charge is 0.399 e. The molecule has 0 aromatic heterocycles. The number of carbonyl (C=O) groups excluding carboxylic acids is 1. The van der Waals surface area contributed by atoms with Gasteiger partial charge in [0, 0.05) is 24.1 Å². The van der Waals surface area contributed by atoms with E-state index < -0.39 is 9.84 Å². The molecule has 4 N–H and O–H groups in total. The third kappa shape index (κ3) is 4.18. The van der Waals surface area contributed by atoms with Gasteiger partial charge in [0.1, 0.15) is 0 Å². The van der Waals surface area contributed by atoms with Crippen LogP contribution in [0.1, 0.15) is 29.6 Å². The molecule has 0 saturated heterocycles. The number of aliphatic hydroxyl groups excluding tert-OH is 1. The molecule has 1 aliphatic carbocycles. The average molecular weight is 312 g/mol. The second kappa shape index (κ2) is 6.03. The number of nitrogen functional groups attached to an aromatic ring is 1. The van der Waals surface area contributed by atoms with Gasteiger partial charge in [-0.15, -0.1) is 0 Å². The molecule has 7 heteroatoms. The summed E-state index contributed by atoms with van der Waals surface area (Å²) < 4.78 is 23.1. The number of nitrogens with two attached hydrogens (primary N) is 1. The lowest BCUT2D eigenvalue weighted by molar-refractivity contribution is 0.0945. The number of hydrogen-bond acceptors (Lipinski definition) is 5. The number of sulfone groups is 1. The summed E-state index contributed by atoms with van der Waals surface area (Å²) in [4.78, 5) is 12.1. The van der Waals surface area contributed by atoms with Gasteiger partial charge in [-0.05, 0) is 43.4 Å². The predicted molar refractivity (Wildman–Crippen MR) is 79.6 cm³/mol. The Morgan fingerprint density at radius 1 is 1.38 bits per heavy atom. The summed E-state index contributed by atoms with van der Waals surface area (Å²) in [6.45, 7) is 0.471. The first kappa shape index (κ1) is 15.8. The molecule has 2 atom stereocenters. The maximum Gasteiger partial charge on any atom is 0.251 e. The SMILES string of the molecule is CS(=O)(=O)c1cc(N)cc(C(=O)NCC2CCC(O)C2)c1. The van der Waals surface area contributed by atoms with Crippen molar-refractivity contribution in [3.05, 3.63) is 23.8 Å². The molecule has 0 bridgehead atoms. The summed E-state index contributed by atoms with van der Waals surface area (Å²) in [6, 6.07) is 4.11. The van der Waals surface area contributed by atoms with E-state index in [-0.39, 0.29) is 34.1 Å². The van der Waals surface area contributed by atoms with Gasteiger partial charge in [0.15, 0.2) is 9.84 Å². The third-order valence-corrected chi connectivity index (χ3v) is 4.78. The summed E-state index contributed by atoms with van der Waals surface area (Å²) in [5, 5.41) is 12.2. The standard InChI is InChI=1S/C14H20N2O4S/c1-21(19,20)13-6-10(5-11(15)7-13)14(18)16-8-9-2-3-12(17)4-9/h5-7,9,12,17H,2-4,8,15H2,1H3,(H,16,18). The molecule has 1 fully saturated rings. The fourth-order valence-corrected chi connectivity index (χ4v) is 3.23. The molecule has 2 unspecified atom stereocenters. The van der Waals surface area contributed by atoms with Crippen molar-refractivity contribution in [2.75, 3.05) is 18.5 Å². The van der Waals surface area contributed by atoms with Crippen molar-refractivity contribution in [3.8, 4) is 0 Å². The van der Waals surface area contributed by atoms with Crippen LogP contribution in [-0.4, -0.2) is 38.3 Å². The van der Waals surface area contributed by atoms with Crippen molar-refractivity contribution in [2.45, 2.75) is 30.3 Å². The van der Waals surface area contributed by atoms with Gasteiger partial charge >= 0.3 is 0 Å². The Labute approximate surface area is 124 Å². The van der Waals surface area contributed by atoms with Gasteiger partial charge in [0.2, 0.25) is 0 Å². The van der Waals surface area contributed by atoms with Crippen molar-refractivity contribution >= 4 is 21.4 Å². The minimum absolute atomic E-state index is 0.0314. The summed E-state index contributed by atoms with van der Waals surface area (Å²) in [7, 11) is -3.41. The molecule has 1 aromatic carbocycles. The van der Waals surface area contributed by atoms with Crippen LogP contribution in [0.3, 0.4) is 0 Å². The van der Waals surface area contributed by atoms with E-state index in [1.807, 2.05) is 0 Å². The fourth-order valence-electron chi connectivity index (χ4n) is 2.54. The highest BCUT2D eigenvalue weighted by Crippen LogP contribution is 2.24. The van der Waals surface area contributed by atoms with Gasteiger partial charge in [0.05, 0.1) is 11.0 Å². The van der Waals surface area contributed by atoms with E-state index >= 15 is 0 Å². The number of aliphatic hydroxyl groups is 1. The van der Waals surface area contributed by atoms with Crippen LogP contribution in [0.2, 0.25) is 0 Å². The summed E-state index contributed by atoms with van der Waals surface area (Å²) >= 11 is 0. The van der Waals surface area contributed by atoms with Gasteiger partial charge in [-0.3, -0.25) is 4.79 Å². The van der Waals surface area contributed by atoms with Crippen LogP contribution in [0.25, 0.3) is 0 Å². The molecule has 2 rings (SSSR count). The molecule has 1 saturated carbocycles. The molecule has 0 aliphatic heterocycles. The number of amides is 1. The zero-order valence-electron chi connectivity index (χ0n) is 11.9. The maximum absolute atomic E-state index is 12.1. The number of nitrogens with one attached hydrogen (secondary N) is 1. The van der Waals surface area contributed by atoms with E-state index in [1.165, 1.54) is 18.2 Å². The van der Waals surface area contributed by atoms with Crippen LogP contribution in [-0.2, 0) is 9.84 Å². The molecule has 21 heavy (non-hydrogen) atoms. The van der Waals surface area contributed by atoms with Crippen molar-refractivity contribution in [2.24, 2.45) is 5.92 Å². The lowest BCUT2D eigenvalue weighted by Gasteiger charge is -2.12. The second-order valence-corrected chi connectivity index (χ2v) is 7.62. The monoisotopic (exact) mass is 312 g/mol. The van der Waals surface area contributed by atoms with Crippen LogP contribution < -0.4 is 11.1 Å². The number of hydrogen-bond donors (Lipinski definition) is 3. The lowest BCUT2D eigenvalue weighted by Crippen LogP contribution is -2.28. The zero-order valence-corrected chi connectivity index (χ0v) is 12.7. The Morgan fingerprint density at radius 3 is 2.67 bits per heavy atom. The maximum atomic E-state index is 12.1. The highest BCUT2D eigenvalue weighted by molar-refractivity contribution is 7.90. The summed E-state index contributed by atoms with van der Waals surface area (Å²) in [5.41, 5.74) is 6.12. The number of anilines is 1. The van der Waals surface area contributed by atoms with Crippen LogP contribution in [0, 0.1) is 5.92 Å². The molecule has 116 valence electrons. The topological polar surface area (TPSA) is 109 Å². The van der Waals surface area contributed by atoms with Crippen molar-refractivity contribution in [1.82, 2.24) is 5.32 Å². The predicted octanol–water partition coefficient (Wildman–Crippen LogP) is 0.563. The molecule has 6 nitrogen and oxygen atoms in total. The van der Waals surface area contributed by atoms with Crippen molar-refractivity contribution in [3.63, 3.8) is 0 Å². The van der Waals surface area contributed by atoms with Crippen LogP contribution in [0.5, 0.6) is 0 Å². The highest BCUT2D eigenvalue weighted by atomic mass is 32.2. The first-order valence-electron chi connectivity index (χ1n) is 6.82. The molecule has 0 heterocycles. The van der Waals surface area contributed by atoms with Gasteiger partial charge in [0.25, 0.3) is 5.91 Å². The Hall–Kier alpha value is -1.60. The van der Waals surface area contributed by atoms with Crippen LogP contribution in [0.15, 0.2) is 23.1 Å². The Bertz CT molecular complexity index is 642. The van der Waals surface area contributed by atoms with Gasteiger partial charge in [-0.2, -0.15) is 0 Å². The van der Waals surface area contributed by atoms with Gasteiger partial charge in [-0.25, -0.2) is 8.42 Å². The Balaban J connectivity index is 2.07. The number of rotatable bonds is 4. The van der Waals surface area contributed by atoms with E-state index in [0.29, 0.717) is 13.0 Å². The molecule has 0 spiro atoms. The molecular formula is C14H20N2O4S. The highest BCUT2D eigenvalue weighted by Gasteiger charge is 2.23. The first-order chi connectivity index (χ1) is 9.75. The average Bonchev–Trinajstić information content (AvgIpc) is 2.80. The van der Waals surface area contributed by atoms with E-state index in [1.54, 1.807) is 0 Å². The Kier molecular flexibility index (Phi) is 4.53. The molecular weight excluding hydrogens is 292 g/mol. The van der Waals surface area contributed by atoms with Gasteiger partial charge < -0.3 is 16.2 Å².